The van der Waals surface area contributed by atoms with Crippen LogP contribution >= 0.6 is 0 Å². The molecule has 0 aromatic heterocycles. The van der Waals surface area contributed by atoms with Gasteiger partial charge >= 0.3 is 0 Å². The Morgan fingerprint density at radius 2 is 1.92 bits per heavy atom. The highest BCUT2D eigenvalue weighted by atomic mass is 16.6. The lowest BCUT2D eigenvalue weighted by atomic mass is 10.1. The smallest absolute Gasteiger partial charge is 0.293 e. The molecule has 1 aliphatic heterocycles. The van der Waals surface area contributed by atoms with Crippen LogP contribution in [0.5, 0.6) is 0 Å². The van der Waals surface area contributed by atoms with E-state index >= 15 is 0 Å². The van der Waals surface area contributed by atoms with E-state index in [-0.39, 0.29) is 22.8 Å². The molecule has 1 aliphatic rings. The minimum absolute atomic E-state index is 0.0798. The molecule has 0 aliphatic carbocycles. The van der Waals surface area contributed by atoms with Crippen LogP contribution in [-0.2, 0) is 0 Å². The van der Waals surface area contributed by atoms with E-state index in [1.807, 2.05) is 0 Å². The molecule has 25 heavy (non-hydrogen) atoms. The number of piperazine rings is 1. The van der Waals surface area contributed by atoms with Gasteiger partial charge < -0.3 is 20.9 Å². The van der Waals surface area contributed by atoms with Crippen molar-refractivity contribution in [3.05, 3.63) is 33.4 Å². The molecular formula is C17H27N5O3. The molecule has 1 fully saturated rings. The van der Waals surface area contributed by atoms with Gasteiger partial charge in [-0.2, -0.15) is 0 Å². The number of aryl methyl sites for hydroxylation is 1. The van der Waals surface area contributed by atoms with Gasteiger partial charge in [0, 0.05) is 38.8 Å². The molecule has 1 heterocycles. The number of nitrogens with two attached hydrogens (primary N) is 1. The number of nitrogens with one attached hydrogen (secondary N) is 1. The van der Waals surface area contributed by atoms with Gasteiger partial charge in [0.2, 0.25) is 0 Å². The van der Waals surface area contributed by atoms with Gasteiger partial charge in [0.25, 0.3) is 11.6 Å². The summed E-state index contributed by atoms with van der Waals surface area (Å²) in [5.41, 5.74) is 6.29. The van der Waals surface area contributed by atoms with E-state index in [1.165, 1.54) is 6.07 Å². The molecule has 1 saturated heterocycles. The van der Waals surface area contributed by atoms with E-state index in [2.05, 4.69) is 22.0 Å². The molecule has 138 valence electrons. The average Bonchev–Trinajstić information content (AvgIpc) is 2.60. The zero-order valence-electron chi connectivity index (χ0n) is 15.0. The Bertz CT molecular complexity index is 627. The van der Waals surface area contributed by atoms with Crippen LogP contribution in [0.3, 0.4) is 0 Å². The Balaban J connectivity index is 1.82. The summed E-state index contributed by atoms with van der Waals surface area (Å²) < 4.78 is 0. The van der Waals surface area contributed by atoms with Gasteiger partial charge in [-0.05, 0) is 38.1 Å². The number of nitrogen functional groups attached to an aromatic ring is 1. The number of hydrogen-bond acceptors (Lipinski definition) is 6. The van der Waals surface area contributed by atoms with Crippen LogP contribution in [-0.4, -0.2) is 66.4 Å². The topological polar surface area (TPSA) is 105 Å². The molecule has 0 saturated carbocycles. The summed E-state index contributed by atoms with van der Waals surface area (Å²) in [6.45, 7) is 10.7. The zero-order valence-corrected chi connectivity index (χ0v) is 15.0. The number of carbonyl (C=O) groups is 1. The molecule has 1 aromatic carbocycles. The first-order valence-corrected chi connectivity index (χ1v) is 8.69. The Hall–Kier alpha value is -2.19. The minimum Gasteiger partial charge on any atom is -0.393 e. The predicted octanol–water partition coefficient (Wildman–Crippen LogP) is 1.24. The molecule has 1 amide bonds. The molecule has 3 N–H and O–H groups in total. The van der Waals surface area contributed by atoms with Crippen molar-refractivity contribution in [3.63, 3.8) is 0 Å². The van der Waals surface area contributed by atoms with Crippen LogP contribution in [0.25, 0.3) is 0 Å². The van der Waals surface area contributed by atoms with E-state index in [4.69, 9.17) is 5.73 Å². The number of carbonyl (C=O) groups excluding carboxylic acids is 1. The van der Waals surface area contributed by atoms with Crippen molar-refractivity contribution in [2.75, 3.05) is 51.5 Å². The van der Waals surface area contributed by atoms with Crippen LogP contribution in [0.2, 0.25) is 0 Å². The standard InChI is InChI=1S/C17H27N5O3/c1-3-20-7-9-21(10-8-20)6-4-5-19-17(23)14-11-13(2)12-15(16(14)18)22(24)25/h11-12H,3-10,18H2,1-2H3,(H,19,23). The van der Waals surface area contributed by atoms with Crippen molar-refractivity contribution in [2.24, 2.45) is 0 Å². The third-order valence-electron chi connectivity index (χ3n) is 4.59. The number of nitro benzene ring substituents is 1. The lowest BCUT2D eigenvalue weighted by Gasteiger charge is -2.33. The second kappa shape index (κ2) is 8.77. The molecule has 0 unspecified atom stereocenters. The molecule has 1 aromatic rings. The van der Waals surface area contributed by atoms with Gasteiger partial charge in [-0.15, -0.1) is 0 Å². The molecule has 8 nitrogen and oxygen atoms in total. The zero-order chi connectivity index (χ0) is 18.4. The molecule has 8 heteroatoms. The van der Waals surface area contributed by atoms with Gasteiger partial charge in [-0.1, -0.05) is 6.92 Å². The number of likely N-dealkylation sites (N-methyl/N-ethyl adjacent to an activating group) is 1. The largest absolute Gasteiger partial charge is 0.393 e. The fourth-order valence-corrected chi connectivity index (χ4v) is 3.05. The summed E-state index contributed by atoms with van der Waals surface area (Å²) in [5.74, 6) is -0.361. The highest BCUT2D eigenvalue weighted by Crippen LogP contribution is 2.26. The number of hydrogen-bond donors (Lipinski definition) is 2. The number of amides is 1. The molecule has 0 radical (unpaired) electrons. The highest BCUT2D eigenvalue weighted by Gasteiger charge is 2.20. The van der Waals surface area contributed by atoms with Gasteiger partial charge in [-0.25, -0.2) is 0 Å². The normalized spacial score (nSPS) is 15.9. The van der Waals surface area contributed by atoms with Crippen LogP contribution in [0.1, 0.15) is 29.3 Å². The SMILES string of the molecule is CCN1CCN(CCCNC(=O)c2cc(C)cc([N+](=O)[O-])c2N)CC1. The van der Waals surface area contributed by atoms with Gasteiger partial charge in [0.05, 0.1) is 10.5 Å². The van der Waals surface area contributed by atoms with E-state index in [0.29, 0.717) is 12.1 Å². The summed E-state index contributed by atoms with van der Waals surface area (Å²) in [6, 6.07) is 2.96. The number of anilines is 1. The molecule has 2 rings (SSSR count). The van der Waals surface area contributed by atoms with Crippen molar-refractivity contribution in [3.8, 4) is 0 Å². The van der Waals surface area contributed by atoms with E-state index in [0.717, 1.165) is 45.7 Å². The maximum atomic E-state index is 12.3. The average molecular weight is 349 g/mol. The van der Waals surface area contributed by atoms with Crippen LogP contribution < -0.4 is 11.1 Å². The van der Waals surface area contributed by atoms with Crippen molar-refractivity contribution in [1.82, 2.24) is 15.1 Å². The second-order valence-corrected chi connectivity index (χ2v) is 6.39. The Labute approximate surface area is 148 Å². The fraction of sp³-hybridized carbons (Fsp3) is 0.588. The van der Waals surface area contributed by atoms with Crippen molar-refractivity contribution >= 4 is 17.3 Å². The maximum Gasteiger partial charge on any atom is 0.293 e. The lowest BCUT2D eigenvalue weighted by molar-refractivity contribution is -0.384. The summed E-state index contributed by atoms with van der Waals surface area (Å²) in [4.78, 5) is 27.6. The third kappa shape index (κ3) is 5.14. The van der Waals surface area contributed by atoms with E-state index < -0.39 is 4.92 Å². The molecule has 0 atom stereocenters. The summed E-state index contributed by atoms with van der Waals surface area (Å²) in [7, 11) is 0. The summed E-state index contributed by atoms with van der Waals surface area (Å²) in [6.07, 6.45) is 0.839. The number of benzene rings is 1. The van der Waals surface area contributed by atoms with Crippen LogP contribution in [0.4, 0.5) is 11.4 Å². The third-order valence-corrected chi connectivity index (χ3v) is 4.59. The number of nitrogens with zero attached hydrogens (tertiary/aromatic N) is 3. The minimum atomic E-state index is -0.560. The van der Waals surface area contributed by atoms with Crippen LogP contribution in [0, 0.1) is 17.0 Å². The first-order valence-electron chi connectivity index (χ1n) is 8.69. The Kier molecular flexibility index (Phi) is 6.72. The van der Waals surface area contributed by atoms with E-state index in [9.17, 15) is 14.9 Å². The summed E-state index contributed by atoms with van der Waals surface area (Å²) >= 11 is 0. The summed E-state index contributed by atoms with van der Waals surface area (Å²) in [5, 5.41) is 13.8. The first kappa shape index (κ1) is 19.1. The molecule has 0 spiro atoms. The van der Waals surface area contributed by atoms with Gasteiger partial charge in [0.15, 0.2) is 0 Å². The quantitative estimate of drug-likeness (QED) is 0.332. The predicted molar refractivity (Wildman–Crippen MR) is 97.8 cm³/mol. The Morgan fingerprint density at radius 1 is 1.28 bits per heavy atom. The van der Waals surface area contributed by atoms with Crippen molar-refractivity contribution < 1.29 is 9.72 Å². The molecular weight excluding hydrogens is 322 g/mol. The lowest BCUT2D eigenvalue weighted by Crippen LogP contribution is -2.46. The second-order valence-electron chi connectivity index (χ2n) is 6.39. The van der Waals surface area contributed by atoms with E-state index in [1.54, 1.807) is 13.0 Å². The number of rotatable bonds is 7. The number of nitro groups is 1. The van der Waals surface area contributed by atoms with Crippen LogP contribution in [0.15, 0.2) is 12.1 Å². The molecule has 0 bridgehead atoms. The monoisotopic (exact) mass is 349 g/mol. The highest BCUT2D eigenvalue weighted by molar-refractivity contribution is 6.01. The van der Waals surface area contributed by atoms with Crippen molar-refractivity contribution in [2.45, 2.75) is 20.3 Å². The first-order chi connectivity index (χ1) is 11.9. The maximum absolute atomic E-state index is 12.3. The van der Waals surface area contributed by atoms with Crippen molar-refractivity contribution in [1.29, 1.82) is 0 Å². The van der Waals surface area contributed by atoms with Gasteiger partial charge in [0.1, 0.15) is 5.69 Å². The fourth-order valence-electron chi connectivity index (χ4n) is 3.05. The Morgan fingerprint density at radius 3 is 2.52 bits per heavy atom. The van der Waals surface area contributed by atoms with Gasteiger partial charge in [-0.3, -0.25) is 14.9 Å².